The van der Waals surface area contributed by atoms with Crippen LogP contribution in [-0.2, 0) is 42.7 Å². The van der Waals surface area contributed by atoms with E-state index in [1.54, 1.807) is 0 Å². The molecule has 2 N–H and O–H groups in total. The maximum Gasteiger partial charge on any atom is 0.308 e. The van der Waals surface area contributed by atoms with E-state index in [4.69, 9.17) is 48.1 Å². The van der Waals surface area contributed by atoms with Crippen molar-refractivity contribution in [1.29, 1.82) is 0 Å². The first kappa shape index (κ1) is 40.1. The van der Waals surface area contributed by atoms with Gasteiger partial charge in [0.1, 0.15) is 12.7 Å². The summed E-state index contributed by atoms with van der Waals surface area (Å²) in [4.78, 5) is 11.4. The first-order valence-corrected chi connectivity index (χ1v) is 15.7. The van der Waals surface area contributed by atoms with Crippen LogP contribution in [0, 0.1) is 0 Å². The van der Waals surface area contributed by atoms with E-state index in [2.05, 4.69) is 6.92 Å². The number of unbranched alkanes of at least 4 members (excludes halogenated alkanes) is 9. The Morgan fingerprint density at radius 1 is 0.512 bits per heavy atom. The van der Waals surface area contributed by atoms with Crippen molar-refractivity contribution in [2.24, 2.45) is 0 Å². The smallest absolute Gasteiger partial charge is 0.308 e. The fourth-order valence-corrected chi connectivity index (χ4v) is 3.58. The molecule has 41 heavy (non-hydrogen) atoms. The second kappa shape index (κ2) is 35.3. The fraction of sp³-hybridized carbons (Fsp3) is 0.967. The van der Waals surface area contributed by atoms with Gasteiger partial charge in [-0.2, -0.15) is 0 Å². The minimum absolute atomic E-state index is 0.0784. The predicted octanol–water partition coefficient (Wildman–Crippen LogP) is 3.31. The van der Waals surface area contributed by atoms with Gasteiger partial charge in [-0.05, 0) is 6.42 Å². The summed E-state index contributed by atoms with van der Waals surface area (Å²) in [5.41, 5.74) is 0. The lowest BCUT2D eigenvalue weighted by Gasteiger charge is -2.09. The number of aliphatic hydroxyl groups excluding tert-OH is 2. The SMILES string of the molecule is CCCCCCCCCCCCOCCOCCOCCOCCOCCOCCOCCC(=O)OCC(O)CO. The molecule has 1 atom stereocenters. The number of hydrogen-bond donors (Lipinski definition) is 2. The van der Waals surface area contributed by atoms with Crippen molar-refractivity contribution in [3.8, 4) is 0 Å². The van der Waals surface area contributed by atoms with Crippen LogP contribution in [0.5, 0.6) is 0 Å². The van der Waals surface area contributed by atoms with Gasteiger partial charge in [0.25, 0.3) is 0 Å². The monoisotopic (exact) mass is 596 g/mol. The molecule has 0 bridgehead atoms. The molecule has 0 aromatic rings. The van der Waals surface area contributed by atoms with Gasteiger partial charge in [-0.3, -0.25) is 4.79 Å². The number of ether oxygens (including phenoxy) is 8. The Bertz CT molecular complexity index is 511. The zero-order valence-corrected chi connectivity index (χ0v) is 25.7. The van der Waals surface area contributed by atoms with Gasteiger partial charge >= 0.3 is 5.97 Å². The molecule has 0 spiro atoms. The number of rotatable bonds is 35. The molecule has 0 rings (SSSR count). The standard InChI is InChI=1S/C30H60O11/c1-2-3-4-5-6-7-8-9-10-11-13-34-15-17-36-19-21-38-23-25-40-26-24-39-22-20-37-18-16-35-14-12-30(33)41-28-29(32)27-31/h29,31-32H,2-28H2,1H3. The molecule has 11 heteroatoms. The molecule has 246 valence electrons. The van der Waals surface area contributed by atoms with Gasteiger partial charge in [-0.1, -0.05) is 64.7 Å². The van der Waals surface area contributed by atoms with E-state index in [1.165, 1.54) is 57.8 Å². The van der Waals surface area contributed by atoms with E-state index in [0.29, 0.717) is 79.3 Å². The highest BCUT2D eigenvalue weighted by Crippen LogP contribution is 2.10. The van der Waals surface area contributed by atoms with Crippen molar-refractivity contribution in [2.75, 3.05) is 106 Å². The van der Waals surface area contributed by atoms with Crippen molar-refractivity contribution in [1.82, 2.24) is 0 Å². The minimum atomic E-state index is -1.05. The van der Waals surface area contributed by atoms with Crippen molar-refractivity contribution in [3.05, 3.63) is 0 Å². The largest absolute Gasteiger partial charge is 0.463 e. The van der Waals surface area contributed by atoms with Gasteiger partial charge in [0.2, 0.25) is 0 Å². The maximum absolute atomic E-state index is 11.4. The van der Waals surface area contributed by atoms with E-state index in [1.807, 2.05) is 0 Å². The maximum atomic E-state index is 11.4. The molecule has 0 aliphatic heterocycles. The van der Waals surface area contributed by atoms with E-state index < -0.39 is 18.7 Å². The number of carbonyl (C=O) groups is 1. The Balaban J connectivity index is 3.09. The minimum Gasteiger partial charge on any atom is -0.463 e. The van der Waals surface area contributed by atoms with Crippen LogP contribution in [0.3, 0.4) is 0 Å². The third-order valence-electron chi connectivity index (χ3n) is 5.97. The molecule has 0 saturated carbocycles. The molecule has 11 nitrogen and oxygen atoms in total. The molecule has 0 aromatic carbocycles. The summed E-state index contributed by atoms with van der Waals surface area (Å²) in [6.45, 7) is 8.60. The molecule has 0 saturated heterocycles. The summed E-state index contributed by atoms with van der Waals surface area (Å²) in [6.07, 6.45) is 12.4. The average Bonchev–Trinajstić information content (AvgIpc) is 2.98. The Labute approximate surface area is 248 Å². The molecule has 0 aliphatic carbocycles. The first-order chi connectivity index (χ1) is 20.2. The van der Waals surface area contributed by atoms with Gasteiger partial charge in [0.15, 0.2) is 0 Å². The zero-order chi connectivity index (χ0) is 29.9. The van der Waals surface area contributed by atoms with Crippen LogP contribution in [0.1, 0.15) is 77.6 Å². The van der Waals surface area contributed by atoms with Crippen LogP contribution in [-0.4, -0.2) is 128 Å². The van der Waals surface area contributed by atoms with E-state index in [9.17, 15) is 4.79 Å². The summed E-state index contributed by atoms with van der Waals surface area (Å²) in [7, 11) is 0. The average molecular weight is 597 g/mol. The lowest BCUT2D eigenvalue weighted by molar-refractivity contribution is -0.148. The van der Waals surface area contributed by atoms with Gasteiger partial charge in [-0.15, -0.1) is 0 Å². The zero-order valence-electron chi connectivity index (χ0n) is 25.7. The van der Waals surface area contributed by atoms with Crippen LogP contribution in [0.4, 0.5) is 0 Å². The molecule has 0 aromatic heterocycles. The Morgan fingerprint density at radius 3 is 1.24 bits per heavy atom. The second-order valence-electron chi connectivity index (χ2n) is 9.74. The van der Waals surface area contributed by atoms with Crippen LogP contribution >= 0.6 is 0 Å². The summed E-state index contributed by atoms with van der Waals surface area (Å²) >= 11 is 0. The Hall–Kier alpha value is -0.890. The molecule has 0 aliphatic rings. The predicted molar refractivity (Wildman–Crippen MR) is 156 cm³/mol. The van der Waals surface area contributed by atoms with Gasteiger partial charge in [0, 0.05) is 6.61 Å². The summed E-state index contributed by atoms with van der Waals surface area (Å²) in [6, 6.07) is 0. The molecule has 1 unspecified atom stereocenters. The van der Waals surface area contributed by atoms with Gasteiger partial charge in [-0.25, -0.2) is 0 Å². The van der Waals surface area contributed by atoms with Crippen LogP contribution in [0.25, 0.3) is 0 Å². The van der Waals surface area contributed by atoms with Gasteiger partial charge < -0.3 is 48.1 Å². The van der Waals surface area contributed by atoms with Crippen molar-refractivity contribution in [3.63, 3.8) is 0 Å². The number of aliphatic hydroxyl groups is 2. The molecule has 0 amide bonds. The molecular weight excluding hydrogens is 536 g/mol. The summed E-state index contributed by atoms with van der Waals surface area (Å²) in [5.74, 6) is -0.486. The number of carbonyl (C=O) groups excluding carboxylic acids is 1. The summed E-state index contributed by atoms with van der Waals surface area (Å²) in [5, 5.41) is 17.7. The van der Waals surface area contributed by atoms with Crippen molar-refractivity contribution < 1.29 is 52.9 Å². The highest BCUT2D eigenvalue weighted by molar-refractivity contribution is 5.69. The first-order valence-electron chi connectivity index (χ1n) is 15.7. The fourth-order valence-electron chi connectivity index (χ4n) is 3.58. The normalized spacial score (nSPS) is 12.2. The van der Waals surface area contributed by atoms with Crippen LogP contribution < -0.4 is 0 Å². The summed E-state index contributed by atoms with van der Waals surface area (Å²) < 4.78 is 42.9. The van der Waals surface area contributed by atoms with E-state index >= 15 is 0 Å². The molecule has 0 radical (unpaired) electrons. The lowest BCUT2D eigenvalue weighted by atomic mass is 10.1. The van der Waals surface area contributed by atoms with Gasteiger partial charge in [0.05, 0.1) is 98.9 Å². The van der Waals surface area contributed by atoms with E-state index in [0.717, 1.165) is 13.0 Å². The third kappa shape index (κ3) is 35.2. The van der Waals surface area contributed by atoms with Crippen molar-refractivity contribution in [2.45, 2.75) is 83.7 Å². The quantitative estimate of drug-likeness (QED) is 0.0825. The second-order valence-corrected chi connectivity index (χ2v) is 9.74. The Morgan fingerprint density at radius 2 is 0.854 bits per heavy atom. The topological polar surface area (TPSA) is 131 Å². The molecular formula is C30H60O11. The molecule has 0 heterocycles. The van der Waals surface area contributed by atoms with Crippen LogP contribution in [0.15, 0.2) is 0 Å². The Kier molecular flexibility index (Phi) is 34.5. The number of esters is 1. The lowest BCUT2D eigenvalue weighted by Crippen LogP contribution is -2.22. The van der Waals surface area contributed by atoms with Crippen LogP contribution in [0.2, 0.25) is 0 Å². The highest BCUT2D eigenvalue weighted by Gasteiger charge is 2.07. The highest BCUT2D eigenvalue weighted by atomic mass is 16.6. The van der Waals surface area contributed by atoms with E-state index in [-0.39, 0.29) is 19.6 Å². The molecule has 0 fully saturated rings. The third-order valence-corrected chi connectivity index (χ3v) is 5.97. The number of hydrogen-bond acceptors (Lipinski definition) is 11. The van der Waals surface area contributed by atoms with Crippen molar-refractivity contribution >= 4 is 5.97 Å².